The molecule has 2 rings (SSSR count). The van der Waals surface area contributed by atoms with Gasteiger partial charge in [-0.3, -0.25) is 4.79 Å². The summed E-state index contributed by atoms with van der Waals surface area (Å²) in [4.78, 5) is 13.4. The first kappa shape index (κ1) is 15.3. The summed E-state index contributed by atoms with van der Waals surface area (Å²) in [5, 5.41) is 4.10. The first-order valence-corrected chi connectivity index (χ1v) is 7.19. The van der Waals surface area contributed by atoms with E-state index in [9.17, 15) is 4.79 Å². The molecule has 0 atom stereocenters. The number of carbonyl (C=O) groups is 1. The van der Waals surface area contributed by atoms with E-state index < -0.39 is 0 Å². The van der Waals surface area contributed by atoms with Crippen LogP contribution in [0.25, 0.3) is 11.3 Å². The van der Waals surface area contributed by atoms with Gasteiger partial charge in [0.2, 0.25) is 5.91 Å². The van der Waals surface area contributed by atoms with Crippen LogP contribution in [-0.4, -0.2) is 22.0 Å². The molecule has 2 aromatic rings. The van der Waals surface area contributed by atoms with Crippen LogP contribution < -0.4 is 0 Å². The molecule has 1 amide bonds. The fourth-order valence-corrected chi connectivity index (χ4v) is 2.35. The van der Waals surface area contributed by atoms with Crippen molar-refractivity contribution >= 4 is 5.91 Å². The Morgan fingerprint density at radius 1 is 1.29 bits per heavy atom. The fraction of sp³-hybridized carbons (Fsp3) is 0.412. The van der Waals surface area contributed by atoms with Crippen molar-refractivity contribution in [3.05, 3.63) is 41.1 Å². The molecule has 0 unspecified atom stereocenters. The van der Waals surface area contributed by atoms with Crippen LogP contribution >= 0.6 is 0 Å². The lowest BCUT2D eigenvalue weighted by Crippen LogP contribution is -2.34. The number of hydrogen-bond donors (Lipinski definition) is 0. The molecule has 0 radical (unpaired) electrons. The monoisotopic (exact) mass is 286 g/mol. The Kier molecular flexibility index (Phi) is 4.46. The van der Waals surface area contributed by atoms with Crippen LogP contribution in [0.3, 0.4) is 0 Å². The van der Waals surface area contributed by atoms with Crippen molar-refractivity contribution in [2.75, 3.05) is 0 Å². The molecule has 4 nitrogen and oxygen atoms in total. The van der Waals surface area contributed by atoms with Gasteiger partial charge in [0.15, 0.2) is 5.76 Å². The van der Waals surface area contributed by atoms with Crippen molar-refractivity contribution in [2.45, 2.75) is 47.2 Å². The third-order valence-electron chi connectivity index (χ3n) is 3.58. The highest BCUT2D eigenvalue weighted by Gasteiger charge is 2.16. The summed E-state index contributed by atoms with van der Waals surface area (Å²) in [7, 11) is 0. The molecule has 0 N–H and O–H groups in total. The Morgan fingerprint density at radius 2 is 2.00 bits per heavy atom. The molecule has 0 spiro atoms. The SMILES string of the molecule is CC(=O)N(Cc1cc(-c2cc(C)ccc2C)on1)C(C)C. The summed E-state index contributed by atoms with van der Waals surface area (Å²) in [6.45, 7) is 10.1. The van der Waals surface area contributed by atoms with E-state index in [4.69, 9.17) is 4.52 Å². The van der Waals surface area contributed by atoms with Gasteiger partial charge in [-0.25, -0.2) is 0 Å². The zero-order valence-electron chi connectivity index (χ0n) is 13.3. The number of carbonyl (C=O) groups excluding carboxylic acids is 1. The van der Waals surface area contributed by atoms with Gasteiger partial charge < -0.3 is 9.42 Å². The zero-order valence-corrected chi connectivity index (χ0v) is 13.3. The smallest absolute Gasteiger partial charge is 0.220 e. The van der Waals surface area contributed by atoms with Crippen molar-refractivity contribution in [1.29, 1.82) is 0 Å². The van der Waals surface area contributed by atoms with Crippen molar-refractivity contribution < 1.29 is 9.32 Å². The largest absolute Gasteiger partial charge is 0.356 e. The summed E-state index contributed by atoms with van der Waals surface area (Å²) in [6.07, 6.45) is 0. The van der Waals surface area contributed by atoms with Gasteiger partial charge in [-0.2, -0.15) is 0 Å². The molecular weight excluding hydrogens is 264 g/mol. The molecule has 21 heavy (non-hydrogen) atoms. The summed E-state index contributed by atoms with van der Waals surface area (Å²) in [5.74, 6) is 0.791. The highest BCUT2D eigenvalue weighted by Crippen LogP contribution is 2.25. The molecule has 0 fully saturated rings. The number of benzene rings is 1. The molecule has 0 saturated carbocycles. The first-order chi connectivity index (χ1) is 9.88. The predicted octanol–water partition coefficient (Wildman–Crippen LogP) is 3.72. The molecule has 112 valence electrons. The number of amides is 1. The Morgan fingerprint density at radius 3 is 2.62 bits per heavy atom. The molecule has 4 heteroatoms. The number of rotatable bonds is 4. The van der Waals surface area contributed by atoms with E-state index in [-0.39, 0.29) is 11.9 Å². The van der Waals surface area contributed by atoms with Crippen LogP contribution in [0.1, 0.15) is 37.6 Å². The molecule has 0 aliphatic carbocycles. The van der Waals surface area contributed by atoms with Crippen LogP contribution in [0.5, 0.6) is 0 Å². The van der Waals surface area contributed by atoms with E-state index in [1.54, 1.807) is 11.8 Å². The normalized spacial score (nSPS) is 11.0. The minimum atomic E-state index is 0.0429. The molecular formula is C17H22N2O2. The lowest BCUT2D eigenvalue weighted by molar-refractivity contribution is -0.131. The summed E-state index contributed by atoms with van der Waals surface area (Å²) >= 11 is 0. The standard InChI is InChI=1S/C17H22N2O2/c1-11(2)19(14(5)20)10-15-9-17(21-18-15)16-8-12(3)6-7-13(16)4/h6-9,11H,10H2,1-5H3. The van der Waals surface area contributed by atoms with E-state index in [0.717, 1.165) is 22.6 Å². The van der Waals surface area contributed by atoms with Crippen molar-refractivity contribution in [3.63, 3.8) is 0 Å². The van der Waals surface area contributed by atoms with E-state index in [1.165, 1.54) is 5.56 Å². The molecule has 1 aromatic carbocycles. The van der Waals surface area contributed by atoms with Gasteiger partial charge in [0.1, 0.15) is 5.69 Å². The zero-order chi connectivity index (χ0) is 15.6. The Labute approximate surface area is 125 Å². The van der Waals surface area contributed by atoms with Gasteiger partial charge >= 0.3 is 0 Å². The van der Waals surface area contributed by atoms with Gasteiger partial charge in [0.25, 0.3) is 0 Å². The maximum Gasteiger partial charge on any atom is 0.220 e. The van der Waals surface area contributed by atoms with Gasteiger partial charge in [0, 0.05) is 24.6 Å². The summed E-state index contributed by atoms with van der Waals surface area (Å²) < 4.78 is 5.46. The summed E-state index contributed by atoms with van der Waals surface area (Å²) in [5.41, 5.74) is 4.15. The fourth-order valence-electron chi connectivity index (χ4n) is 2.35. The average molecular weight is 286 g/mol. The molecule has 1 aromatic heterocycles. The highest BCUT2D eigenvalue weighted by atomic mass is 16.5. The van der Waals surface area contributed by atoms with Crippen LogP contribution in [0, 0.1) is 13.8 Å². The third kappa shape index (κ3) is 3.51. The van der Waals surface area contributed by atoms with Crippen LogP contribution in [0.2, 0.25) is 0 Å². The van der Waals surface area contributed by atoms with Crippen molar-refractivity contribution in [1.82, 2.24) is 10.1 Å². The number of hydrogen-bond acceptors (Lipinski definition) is 3. The van der Waals surface area contributed by atoms with Crippen LogP contribution in [0.15, 0.2) is 28.8 Å². The van der Waals surface area contributed by atoms with Gasteiger partial charge in [0.05, 0.1) is 6.54 Å². The predicted molar refractivity (Wildman–Crippen MR) is 82.8 cm³/mol. The van der Waals surface area contributed by atoms with Gasteiger partial charge in [-0.15, -0.1) is 0 Å². The molecule has 0 saturated heterocycles. The van der Waals surface area contributed by atoms with Gasteiger partial charge in [-0.1, -0.05) is 22.9 Å². The Bertz CT molecular complexity index is 644. The van der Waals surface area contributed by atoms with E-state index in [0.29, 0.717) is 6.54 Å². The molecule has 1 heterocycles. The van der Waals surface area contributed by atoms with E-state index in [2.05, 4.69) is 30.3 Å². The number of aryl methyl sites for hydroxylation is 2. The van der Waals surface area contributed by atoms with E-state index >= 15 is 0 Å². The second kappa shape index (κ2) is 6.12. The lowest BCUT2D eigenvalue weighted by atomic mass is 10.0. The number of nitrogens with zero attached hydrogens (tertiary/aromatic N) is 2. The first-order valence-electron chi connectivity index (χ1n) is 7.19. The minimum Gasteiger partial charge on any atom is -0.356 e. The van der Waals surface area contributed by atoms with E-state index in [1.807, 2.05) is 26.8 Å². The lowest BCUT2D eigenvalue weighted by Gasteiger charge is -2.23. The quantitative estimate of drug-likeness (QED) is 0.860. The average Bonchev–Trinajstić information content (AvgIpc) is 2.86. The minimum absolute atomic E-state index is 0.0429. The Hall–Kier alpha value is -2.10. The topological polar surface area (TPSA) is 46.3 Å². The van der Waals surface area contributed by atoms with Gasteiger partial charge in [-0.05, 0) is 39.3 Å². The van der Waals surface area contributed by atoms with Crippen LogP contribution in [0.4, 0.5) is 0 Å². The third-order valence-corrected chi connectivity index (χ3v) is 3.58. The molecule has 0 bridgehead atoms. The summed E-state index contributed by atoms with van der Waals surface area (Å²) in [6, 6.07) is 8.29. The van der Waals surface area contributed by atoms with Crippen molar-refractivity contribution in [3.8, 4) is 11.3 Å². The van der Waals surface area contributed by atoms with Crippen molar-refractivity contribution in [2.24, 2.45) is 0 Å². The maximum atomic E-state index is 11.6. The Balaban J connectivity index is 2.25. The molecule has 0 aliphatic heterocycles. The molecule has 0 aliphatic rings. The maximum absolute atomic E-state index is 11.6. The number of aromatic nitrogens is 1. The second-order valence-corrected chi connectivity index (χ2v) is 5.74. The van der Waals surface area contributed by atoms with Crippen LogP contribution in [-0.2, 0) is 11.3 Å². The second-order valence-electron chi connectivity index (χ2n) is 5.74. The highest BCUT2D eigenvalue weighted by molar-refractivity contribution is 5.73.